The molecule has 0 fully saturated rings. The van der Waals surface area contributed by atoms with E-state index in [1.807, 2.05) is 20.8 Å². The van der Waals surface area contributed by atoms with E-state index in [0.717, 1.165) is 6.42 Å². The highest BCUT2D eigenvalue weighted by Crippen LogP contribution is 2.35. The Labute approximate surface area is 104 Å². The van der Waals surface area contributed by atoms with Gasteiger partial charge in [0.05, 0.1) is 6.61 Å². The lowest BCUT2D eigenvalue weighted by Gasteiger charge is -2.47. The van der Waals surface area contributed by atoms with E-state index in [2.05, 4.69) is 19.2 Å². The molecule has 0 aromatic rings. The van der Waals surface area contributed by atoms with Crippen LogP contribution in [0.2, 0.25) is 0 Å². The van der Waals surface area contributed by atoms with Crippen molar-refractivity contribution in [1.29, 1.82) is 0 Å². The van der Waals surface area contributed by atoms with E-state index in [9.17, 15) is 10.4 Å². The van der Waals surface area contributed by atoms with Crippen molar-refractivity contribution in [2.45, 2.75) is 46.7 Å². The maximum absolute atomic E-state index is 9.65. The predicted octanol–water partition coefficient (Wildman–Crippen LogP) is 1.68. The molecule has 2 unspecified atom stereocenters. The van der Waals surface area contributed by atoms with Crippen LogP contribution in [0.25, 0.3) is 0 Å². The lowest BCUT2D eigenvalue weighted by Crippen LogP contribution is -2.66. The summed E-state index contributed by atoms with van der Waals surface area (Å²) in [5.41, 5.74) is -0.925. The molecule has 0 spiro atoms. The standard InChI is InChI=1S/C12H28N2O3/c1-6-11(9(2)3)12(10(4)5,14(16)17)13-7-8-15/h9-11,13,15-17H,6-8H2,1-5H3. The van der Waals surface area contributed by atoms with E-state index < -0.39 is 5.66 Å². The van der Waals surface area contributed by atoms with E-state index in [-0.39, 0.29) is 18.4 Å². The molecule has 5 nitrogen and oxygen atoms in total. The zero-order valence-corrected chi connectivity index (χ0v) is 11.6. The van der Waals surface area contributed by atoms with Gasteiger partial charge in [-0.2, -0.15) is 0 Å². The molecule has 0 rings (SSSR count). The predicted molar refractivity (Wildman–Crippen MR) is 66.7 cm³/mol. The number of aliphatic hydroxyl groups is 1. The molecule has 0 bridgehead atoms. The van der Waals surface area contributed by atoms with Crippen molar-refractivity contribution in [3.05, 3.63) is 0 Å². The minimum Gasteiger partial charge on any atom is -0.395 e. The van der Waals surface area contributed by atoms with Gasteiger partial charge in [-0.05, 0) is 29.4 Å². The van der Waals surface area contributed by atoms with E-state index in [4.69, 9.17) is 5.11 Å². The Morgan fingerprint density at radius 2 is 1.71 bits per heavy atom. The van der Waals surface area contributed by atoms with Crippen LogP contribution in [0.3, 0.4) is 0 Å². The highest BCUT2D eigenvalue weighted by Gasteiger charge is 2.46. The molecule has 0 amide bonds. The fraction of sp³-hybridized carbons (Fsp3) is 1.00. The topological polar surface area (TPSA) is 76.0 Å². The van der Waals surface area contributed by atoms with Gasteiger partial charge in [-0.15, -0.1) is 0 Å². The number of hydroxylamine groups is 2. The molecule has 5 heteroatoms. The quantitative estimate of drug-likeness (QED) is 0.388. The summed E-state index contributed by atoms with van der Waals surface area (Å²) < 4.78 is 0. The molecule has 4 N–H and O–H groups in total. The minimum absolute atomic E-state index is 0.00333. The summed E-state index contributed by atoms with van der Waals surface area (Å²) in [6.45, 7) is 10.3. The second kappa shape index (κ2) is 7.28. The number of hydrogen-bond acceptors (Lipinski definition) is 5. The zero-order chi connectivity index (χ0) is 13.6. The van der Waals surface area contributed by atoms with E-state index in [1.165, 1.54) is 0 Å². The largest absolute Gasteiger partial charge is 0.395 e. The van der Waals surface area contributed by atoms with Crippen molar-refractivity contribution in [2.24, 2.45) is 17.8 Å². The Balaban J connectivity index is 5.27. The first-order valence-corrected chi connectivity index (χ1v) is 6.38. The molecular weight excluding hydrogens is 220 g/mol. The Hall–Kier alpha value is -0.200. The van der Waals surface area contributed by atoms with Gasteiger partial charge < -0.3 is 5.11 Å². The molecule has 0 aromatic carbocycles. The average Bonchev–Trinajstić information content (AvgIpc) is 2.22. The molecule has 0 aromatic heterocycles. The van der Waals surface area contributed by atoms with Gasteiger partial charge in [-0.25, -0.2) is 0 Å². The first-order chi connectivity index (χ1) is 7.84. The fourth-order valence-electron chi connectivity index (χ4n) is 2.76. The number of aliphatic hydroxyl groups excluding tert-OH is 1. The number of nitrogens with one attached hydrogen (secondary N) is 1. The second-order valence-corrected chi connectivity index (χ2v) is 5.18. The lowest BCUT2D eigenvalue weighted by atomic mass is 9.75. The average molecular weight is 248 g/mol. The van der Waals surface area contributed by atoms with Crippen molar-refractivity contribution in [3.8, 4) is 0 Å². The molecule has 0 heterocycles. The molecule has 0 saturated carbocycles. The number of hydrogen-bond donors (Lipinski definition) is 4. The van der Waals surface area contributed by atoms with Crippen molar-refractivity contribution in [3.63, 3.8) is 0 Å². The van der Waals surface area contributed by atoms with Crippen molar-refractivity contribution in [1.82, 2.24) is 10.5 Å². The molecule has 0 radical (unpaired) electrons. The normalized spacial score (nSPS) is 17.8. The molecule has 0 saturated heterocycles. The summed E-state index contributed by atoms with van der Waals surface area (Å²) in [4.78, 5) is 0. The SMILES string of the molecule is CCC(C(C)C)C(NCCO)(C(C)C)N(O)O. The number of nitrogens with zero attached hydrogens (tertiary/aromatic N) is 1. The van der Waals surface area contributed by atoms with Crippen LogP contribution in [0, 0.1) is 17.8 Å². The van der Waals surface area contributed by atoms with Crippen LogP contribution < -0.4 is 5.32 Å². The van der Waals surface area contributed by atoms with E-state index in [0.29, 0.717) is 17.7 Å². The maximum Gasteiger partial charge on any atom is 0.128 e. The van der Waals surface area contributed by atoms with Gasteiger partial charge in [0.25, 0.3) is 0 Å². The van der Waals surface area contributed by atoms with Gasteiger partial charge in [0, 0.05) is 6.54 Å². The van der Waals surface area contributed by atoms with Crippen LogP contribution in [0.15, 0.2) is 0 Å². The highest BCUT2D eigenvalue weighted by molar-refractivity contribution is 4.92. The zero-order valence-electron chi connectivity index (χ0n) is 11.6. The molecule has 0 aliphatic heterocycles. The molecular formula is C12H28N2O3. The summed E-state index contributed by atoms with van der Waals surface area (Å²) in [7, 11) is 0. The Morgan fingerprint density at radius 3 is 1.94 bits per heavy atom. The van der Waals surface area contributed by atoms with Gasteiger partial charge in [-0.3, -0.25) is 15.7 Å². The van der Waals surface area contributed by atoms with E-state index in [1.54, 1.807) is 0 Å². The first kappa shape index (κ1) is 16.8. The molecule has 0 aliphatic rings. The first-order valence-electron chi connectivity index (χ1n) is 6.38. The Kier molecular flexibility index (Phi) is 7.20. The maximum atomic E-state index is 9.65. The van der Waals surface area contributed by atoms with Gasteiger partial charge in [0.1, 0.15) is 5.66 Å². The van der Waals surface area contributed by atoms with Gasteiger partial charge in [-0.1, -0.05) is 34.6 Å². The van der Waals surface area contributed by atoms with Crippen LogP contribution in [-0.4, -0.2) is 39.6 Å². The Bertz CT molecular complexity index is 200. The third-order valence-electron chi connectivity index (χ3n) is 3.54. The summed E-state index contributed by atoms with van der Waals surface area (Å²) >= 11 is 0. The van der Waals surface area contributed by atoms with Crippen LogP contribution >= 0.6 is 0 Å². The minimum atomic E-state index is -0.925. The third-order valence-corrected chi connectivity index (χ3v) is 3.54. The van der Waals surface area contributed by atoms with Gasteiger partial charge >= 0.3 is 0 Å². The summed E-state index contributed by atoms with van der Waals surface area (Å²) in [6, 6.07) is 0. The summed E-state index contributed by atoms with van der Waals surface area (Å²) in [5.74, 6) is 0.371. The highest BCUT2D eigenvalue weighted by atomic mass is 16.8. The molecule has 17 heavy (non-hydrogen) atoms. The molecule has 2 atom stereocenters. The summed E-state index contributed by atoms with van der Waals surface area (Å²) in [5, 5.41) is 31.6. The fourth-order valence-corrected chi connectivity index (χ4v) is 2.76. The summed E-state index contributed by atoms with van der Waals surface area (Å²) in [6.07, 6.45) is 0.825. The number of rotatable bonds is 8. The van der Waals surface area contributed by atoms with Crippen molar-refractivity contribution >= 4 is 0 Å². The monoisotopic (exact) mass is 248 g/mol. The van der Waals surface area contributed by atoms with Crippen molar-refractivity contribution < 1.29 is 15.5 Å². The van der Waals surface area contributed by atoms with E-state index >= 15 is 0 Å². The third kappa shape index (κ3) is 3.63. The molecule has 104 valence electrons. The Morgan fingerprint density at radius 1 is 1.18 bits per heavy atom. The van der Waals surface area contributed by atoms with Crippen LogP contribution in [0.5, 0.6) is 0 Å². The van der Waals surface area contributed by atoms with Gasteiger partial charge in [0.2, 0.25) is 0 Å². The molecule has 0 aliphatic carbocycles. The van der Waals surface area contributed by atoms with Crippen LogP contribution in [-0.2, 0) is 0 Å². The second-order valence-electron chi connectivity index (χ2n) is 5.18. The van der Waals surface area contributed by atoms with Crippen molar-refractivity contribution in [2.75, 3.05) is 13.2 Å². The smallest absolute Gasteiger partial charge is 0.128 e. The lowest BCUT2D eigenvalue weighted by molar-refractivity contribution is -0.393. The van der Waals surface area contributed by atoms with Crippen LogP contribution in [0.1, 0.15) is 41.0 Å². The van der Waals surface area contributed by atoms with Crippen LogP contribution in [0.4, 0.5) is 0 Å². The van der Waals surface area contributed by atoms with Gasteiger partial charge in [0.15, 0.2) is 0 Å².